The summed E-state index contributed by atoms with van der Waals surface area (Å²) in [5, 5.41) is 12.5. The SMILES string of the molecule is O=C(NCC=Cc1cc(O)ccc1Cl)OCc1ccccc1. The third kappa shape index (κ3) is 5.14. The van der Waals surface area contributed by atoms with Gasteiger partial charge in [-0.3, -0.25) is 0 Å². The van der Waals surface area contributed by atoms with Crippen LogP contribution in [0.25, 0.3) is 6.08 Å². The van der Waals surface area contributed by atoms with Gasteiger partial charge in [0.15, 0.2) is 0 Å². The topological polar surface area (TPSA) is 58.6 Å². The number of alkyl carbamates (subject to hydrolysis) is 1. The van der Waals surface area contributed by atoms with E-state index in [0.29, 0.717) is 17.1 Å². The molecule has 0 saturated carbocycles. The molecule has 0 aliphatic heterocycles. The summed E-state index contributed by atoms with van der Waals surface area (Å²) in [7, 11) is 0. The summed E-state index contributed by atoms with van der Waals surface area (Å²) in [5.41, 5.74) is 1.61. The second kappa shape index (κ2) is 8.10. The van der Waals surface area contributed by atoms with Gasteiger partial charge >= 0.3 is 6.09 Å². The van der Waals surface area contributed by atoms with Crippen molar-refractivity contribution in [2.45, 2.75) is 6.61 Å². The van der Waals surface area contributed by atoms with Gasteiger partial charge in [0.1, 0.15) is 12.4 Å². The lowest BCUT2D eigenvalue weighted by atomic mass is 10.2. The van der Waals surface area contributed by atoms with Crippen molar-refractivity contribution >= 4 is 23.8 Å². The molecular formula is C17H16ClNO3. The van der Waals surface area contributed by atoms with Crippen molar-refractivity contribution in [1.82, 2.24) is 5.32 Å². The number of ether oxygens (including phenoxy) is 1. The zero-order valence-corrected chi connectivity index (χ0v) is 12.6. The van der Waals surface area contributed by atoms with Crippen molar-refractivity contribution in [3.8, 4) is 5.75 Å². The Bertz CT molecular complexity index is 656. The van der Waals surface area contributed by atoms with Gasteiger partial charge in [-0.1, -0.05) is 54.1 Å². The molecule has 2 aromatic carbocycles. The standard InChI is InChI=1S/C17H16ClNO3/c18-16-9-8-15(20)11-14(16)7-4-10-19-17(21)22-12-13-5-2-1-3-6-13/h1-9,11,20H,10,12H2,(H,19,21). The predicted octanol–water partition coefficient (Wildman–Crippen LogP) is 3.99. The summed E-state index contributed by atoms with van der Waals surface area (Å²) in [4.78, 5) is 11.5. The van der Waals surface area contributed by atoms with Gasteiger partial charge in [0.2, 0.25) is 0 Å². The molecular weight excluding hydrogens is 302 g/mol. The molecule has 5 heteroatoms. The van der Waals surface area contributed by atoms with E-state index in [-0.39, 0.29) is 12.4 Å². The molecule has 0 heterocycles. The number of amides is 1. The van der Waals surface area contributed by atoms with E-state index in [0.717, 1.165) is 5.56 Å². The van der Waals surface area contributed by atoms with Crippen LogP contribution >= 0.6 is 11.6 Å². The van der Waals surface area contributed by atoms with E-state index in [1.807, 2.05) is 30.3 Å². The first-order valence-corrected chi connectivity index (χ1v) is 7.12. The lowest BCUT2D eigenvalue weighted by Crippen LogP contribution is -2.24. The van der Waals surface area contributed by atoms with Crippen molar-refractivity contribution in [2.75, 3.05) is 6.54 Å². The van der Waals surface area contributed by atoms with Crippen LogP contribution in [0.1, 0.15) is 11.1 Å². The monoisotopic (exact) mass is 317 g/mol. The van der Waals surface area contributed by atoms with Gasteiger partial charge in [0.05, 0.1) is 0 Å². The maximum absolute atomic E-state index is 11.5. The number of hydrogen-bond donors (Lipinski definition) is 2. The number of benzene rings is 2. The van der Waals surface area contributed by atoms with Gasteiger partial charge in [-0.15, -0.1) is 0 Å². The largest absolute Gasteiger partial charge is 0.508 e. The molecule has 0 unspecified atom stereocenters. The minimum absolute atomic E-state index is 0.138. The van der Waals surface area contributed by atoms with Crippen LogP contribution in [0.5, 0.6) is 5.75 Å². The number of phenolic OH excluding ortho intramolecular Hbond substituents is 1. The predicted molar refractivity (Wildman–Crippen MR) is 86.8 cm³/mol. The van der Waals surface area contributed by atoms with Gasteiger partial charge in [-0.05, 0) is 29.3 Å². The van der Waals surface area contributed by atoms with E-state index in [4.69, 9.17) is 16.3 Å². The third-order valence-corrected chi connectivity index (χ3v) is 3.20. The average molecular weight is 318 g/mol. The number of halogens is 1. The second-order valence-corrected chi connectivity index (χ2v) is 4.96. The number of nitrogens with one attached hydrogen (secondary N) is 1. The van der Waals surface area contributed by atoms with E-state index in [2.05, 4.69) is 5.32 Å². The molecule has 0 bridgehead atoms. The Hall–Kier alpha value is -2.46. The van der Waals surface area contributed by atoms with Crippen LogP contribution in [0.2, 0.25) is 5.02 Å². The van der Waals surface area contributed by atoms with Crippen molar-refractivity contribution in [1.29, 1.82) is 0 Å². The molecule has 1 amide bonds. The van der Waals surface area contributed by atoms with Crippen LogP contribution in [0.15, 0.2) is 54.6 Å². The lowest BCUT2D eigenvalue weighted by Gasteiger charge is -2.05. The highest BCUT2D eigenvalue weighted by molar-refractivity contribution is 6.32. The summed E-state index contributed by atoms with van der Waals surface area (Å²) >= 11 is 5.98. The Balaban J connectivity index is 1.75. The van der Waals surface area contributed by atoms with Crippen LogP contribution in [0.4, 0.5) is 4.79 Å². The fourth-order valence-corrected chi connectivity index (χ4v) is 1.94. The lowest BCUT2D eigenvalue weighted by molar-refractivity contribution is 0.141. The first-order chi connectivity index (χ1) is 10.6. The second-order valence-electron chi connectivity index (χ2n) is 4.55. The summed E-state index contributed by atoms with van der Waals surface area (Å²) in [5.74, 6) is 0.138. The maximum Gasteiger partial charge on any atom is 0.407 e. The summed E-state index contributed by atoms with van der Waals surface area (Å²) < 4.78 is 5.07. The molecule has 2 aromatic rings. The molecule has 0 radical (unpaired) electrons. The molecule has 0 aliphatic rings. The van der Waals surface area contributed by atoms with Crippen molar-refractivity contribution < 1.29 is 14.6 Å². The minimum atomic E-state index is -0.490. The first kappa shape index (κ1) is 15.9. The van der Waals surface area contributed by atoms with Crippen LogP contribution in [0, 0.1) is 0 Å². The van der Waals surface area contributed by atoms with Crippen LogP contribution in [-0.2, 0) is 11.3 Å². The average Bonchev–Trinajstić information content (AvgIpc) is 2.53. The molecule has 0 spiro atoms. The van der Waals surface area contributed by atoms with Gasteiger partial charge in [0, 0.05) is 11.6 Å². The van der Waals surface area contributed by atoms with Crippen molar-refractivity contribution in [2.24, 2.45) is 0 Å². The van der Waals surface area contributed by atoms with Gasteiger partial charge in [-0.2, -0.15) is 0 Å². The fraction of sp³-hybridized carbons (Fsp3) is 0.118. The highest BCUT2D eigenvalue weighted by atomic mass is 35.5. The zero-order valence-electron chi connectivity index (χ0n) is 11.8. The molecule has 22 heavy (non-hydrogen) atoms. The molecule has 2 rings (SSSR count). The Morgan fingerprint density at radius 3 is 2.77 bits per heavy atom. The number of carbonyl (C=O) groups is 1. The molecule has 0 aromatic heterocycles. The number of rotatable bonds is 5. The van der Waals surface area contributed by atoms with E-state index < -0.39 is 6.09 Å². The molecule has 0 aliphatic carbocycles. The maximum atomic E-state index is 11.5. The van der Waals surface area contributed by atoms with Crippen molar-refractivity contribution in [3.05, 3.63) is 70.8 Å². The molecule has 114 valence electrons. The highest BCUT2D eigenvalue weighted by Crippen LogP contribution is 2.22. The van der Waals surface area contributed by atoms with E-state index in [1.165, 1.54) is 6.07 Å². The number of carbonyl (C=O) groups excluding carboxylic acids is 1. The third-order valence-electron chi connectivity index (χ3n) is 2.85. The highest BCUT2D eigenvalue weighted by Gasteiger charge is 2.01. The molecule has 0 saturated heterocycles. The number of phenols is 1. The molecule has 2 N–H and O–H groups in total. The minimum Gasteiger partial charge on any atom is -0.508 e. The quantitative estimate of drug-likeness (QED) is 0.876. The zero-order chi connectivity index (χ0) is 15.8. The van der Waals surface area contributed by atoms with Gasteiger partial charge in [0.25, 0.3) is 0 Å². The summed E-state index contributed by atoms with van der Waals surface area (Å²) in [6, 6.07) is 14.1. The van der Waals surface area contributed by atoms with Gasteiger partial charge < -0.3 is 15.2 Å². The molecule has 0 atom stereocenters. The van der Waals surface area contributed by atoms with Crippen LogP contribution in [0.3, 0.4) is 0 Å². The smallest absolute Gasteiger partial charge is 0.407 e. The van der Waals surface area contributed by atoms with E-state index in [9.17, 15) is 9.90 Å². The Labute approximate surface area is 134 Å². The normalized spacial score (nSPS) is 10.6. The Morgan fingerprint density at radius 1 is 1.23 bits per heavy atom. The Kier molecular flexibility index (Phi) is 5.86. The molecule has 0 fully saturated rings. The van der Waals surface area contributed by atoms with Gasteiger partial charge in [-0.25, -0.2) is 4.79 Å². The van der Waals surface area contributed by atoms with E-state index in [1.54, 1.807) is 24.3 Å². The van der Waals surface area contributed by atoms with Crippen LogP contribution < -0.4 is 5.32 Å². The fourth-order valence-electron chi connectivity index (χ4n) is 1.76. The summed E-state index contributed by atoms with van der Waals surface area (Å²) in [6.07, 6.45) is 2.96. The first-order valence-electron chi connectivity index (χ1n) is 6.75. The molecule has 4 nitrogen and oxygen atoms in total. The number of aromatic hydroxyl groups is 1. The Morgan fingerprint density at radius 2 is 2.00 bits per heavy atom. The summed E-state index contributed by atoms with van der Waals surface area (Å²) in [6.45, 7) is 0.536. The number of hydrogen-bond acceptors (Lipinski definition) is 3. The van der Waals surface area contributed by atoms with Crippen molar-refractivity contribution in [3.63, 3.8) is 0 Å². The van der Waals surface area contributed by atoms with E-state index >= 15 is 0 Å². The van der Waals surface area contributed by atoms with Crippen LogP contribution in [-0.4, -0.2) is 17.7 Å².